The van der Waals surface area contributed by atoms with Gasteiger partial charge in [0.2, 0.25) is 0 Å². The van der Waals surface area contributed by atoms with Crippen LogP contribution in [0.3, 0.4) is 0 Å². The van der Waals surface area contributed by atoms with Crippen LogP contribution in [0.1, 0.15) is 9.75 Å². The minimum absolute atomic E-state index is 0.335. The van der Waals surface area contributed by atoms with E-state index in [-0.39, 0.29) is 6.09 Å². The van der Waals surface area contributed by atoms with Crippen molar-refractivity contribution in [3.05, 3.63) is 69.0 Å². The van der Waals surface area contributed by atoms with Crippen LogP contribution in [0.4, 0.5) is 10.5 Å². The molecule has 6 heteroatoms. The quantitative estimate of drug-likeness (QED) is 0.605. The molecule has 130 valence electrons. The van der Waals surface area contributed by atoms with Crippen molar-refractivity contribution in [2.45, 2.75) is 13.1 Å². The Kier molecular flexibility index (Phi) is 5.73. The van der Waals surface area contributed by atoms with E-state index < -0.39 is 0 Å². The van der Waals surface area contributed by atoms with Crippen molar-refractivity contribution in [3.8, 4) is 5.75 Å². The number of anilines is 1. The second kappa shape index (κ2) is 8.18. The molecule has 0 aliphatic carbocycles. The molecular weight excluding hydrogens is 352 g/mol. The molecule has 0 atom stereocenters. The second-order valence-corrected chi connectivity index (χ2v) is 7.84. The SMILES string of the molecule is CN(C)c1cccc(OC(=O)N(Cc2cccs2)Cc2cccs2)c1. The summed E-state index contributed by atoms with van der Waals surface area (Å²) in [6.45, 7) is 1.09. The minimum atomic E-state index is -0.335. The zero-order chi connectivity index (χ0) is 17.6. The Bertz CT molecular complexity index is 762. The summed E-state index contributed by atoms with van der Waals surface area (Å²) in [5.74, 6) is 0.554. The molecule has 0 aliphatic heterocycles. The minimum Gasteiger partial charge on any atom is -0.410 e. The Labute approximate surface area is 155 Å². The lowest BCUT2D eigenvalue weighted by molar-refractivity contribution is 0.147. The van der Waals surface area contributed by atoms with E-state index in [1.165, 1.54) is 0 Å². The molecule has 0 radical (unpaired) electrons. The van der Waals surface area contributed by atoms with Crippen molar-refractivity contribution in [1.82, 2.24) is 4.90 Å². The highest BCUT2D eigenvalue weighted by atomic mass is 32.1. The van der Waals surface area contributed by atoms with Gasteiger partial charge < -0.3 is 9.64 Å². The molecule has 2 heterocycles. The molecule has 25 heavy (non-hydrogen) atoms. The molecular formula is C19H20N2O2S2. The van der Waals surface area contributed by atoms with Gasteiger partial charge in [0.05, 0.1) is 13.1 Å². The number of carbonyl (C=O) groups excluding carboxylic acids is 1. The Hall–Kier alpha value is -2.31. The molecule has 0 aliphatic rings. The van der Waals surface area contributed by atoms with Gasteiger partial charge in [-0.05, 0) is 35.0 Å². The van der Waals surface area contributed by atoms with Gasteiger partial charge in [-0.25, -0.2) is 4.79 Å². The molecule has 0 fully saturated rings. The Morgan fingerprint density at radius 1 is 0.960 bits per heavy atom. The number of carbonyl (C=O) groups is 1. The first-order valence-corrected chi connectivity index (χ1v) is 9.66. The normalized spacial score (nSPS) is 10.5. The van der Waals surface area contributed by atoms with E-state index in [4.69, 9.17) is 4.74 Å². The van der Waals surface area contributed by atoms with Gasteiger partial charge >= 0.3 is 6.09 Å². The fourth-order valence-electron chi connectivity index (χ4n) is 2.36. The molecule has 3 rings (SSSR count). The monoisotopic (exact) mass is 372 g/mol. The van der Waals surface area contributed by atoms with Crippen molar-refractivity contribution < 1.29 is 9.53 Å². The first-order chi connectivity index (χ1) is 12.1. The molecule has 1 amide bonds. The number of amides is 1. The van der Waals surface area contributed by atoms with Gasteiger partial charge in [0.25, 0.3) is 0 Å². The smallest absolute Gasteiger partial charge is 0.410 e. The van der Waals surface area contributed by atoms with Crippen LogP contribution in [-0.4, -0.2) is 25.1 Å². The maximum atomic E-state index is 12.7. The summed E-state index contributed by atoms with van der Waals surface area (Å²) in [6.07, 6.45) is -0.335. The van der Waals surface area contributed by atoms with Gasteiger partial charge in [-0.15, -0.1) is 22.7 Å². The Balaban J connectivity index is 1.75. The van der Waals surface area contributed by atoms with E-state index in [1.54, 1.807) is 33.6 Å². The molecule has 0 unspecified atom stereocenters. The summed E-state index contributed by atoms with van der Waals surface area (Å²) >= 11 is 3.28. The largest absolute Gasteiger partial charge is 0.415 e. The highest BCUT2D eigenvalue weighted by Crippen LogP contribution is 2.22. The van der Waals surface area contributed by atoms with Crippen molar-refractivity contribution >= 4 is 34.5 Å². The lowest BCUT2D eigenvalue weighted by Crippen LogP contribution is -2.32. The van der Waals surface area contributed by atoms with Crippen LogP contribution in [0.2, 0.25) is 0 Å². The first kappa shape index (κ1) is 17.5. The van der Waals surface area contributed by atoms with E-state index in [0.29, 0.717) is 18.8 Å². The predicted octanol–water partition coefficient (Wildman–Crippen LogP) is 5.08. The topological polar surface area (TPSA) is 32.8 Å². The maximum Gasteiger partial charge on any atom is 0.415 e. The highest BCUT2D eigenvalue weighted by molar-refractivity contribution is 7.10. The molecule has 4 nitrogen and oxygen atoms in total. The third kappa shape index (κ3) is 4.84. The summed E-state index contributed by atoms with van der Waals surface area (Å²) in [4.78, 5) is 18.7. The highest BCUT2D eigenvalue weighted by Gasteiger charge is 2.18. The van der Waals surface area contributed by atoms with Crippen molar-refractivity contribution in [2.24, 2.45) is 0 Å². The van der Waals surface area contributed by atoms with Gasteiger partial charge in [0.15, 0.2) is 0 Å². The lowest BCUT2D eigenvalue weighted by atomic mass is 10.3. The summed E-state index contributed by atoms with van der Waals surface area (Å²) in [6, 6.07) is 15.6. The van der Waals surface area contributed by atoms with Crippen LogP contribution in [0.15, 0.2) is 59.3 Å². The number of nitrogens with zero attached hydrogens (tertiary/aromatic N) is 2. The van der Waals surface area contributed by atoms with Gasteiger partial charge in [-0.1, -0.05) is 18.2 Å². The zero-order valence-corrected chi connectivity index (χ0v) is 15.8. The van der Waals surface area contributed by atoms with Gasteiger partial charge in [0, 0.05) is 35.6 Å². The molecule has 2 aromatic heterocycles. The van der Waals surface area contributed by atoms with Crippen LogP contribution in [0, 0.1) is 0 Å². The molecule has 0 N–H and O–H groups in total. The second-order valence-electron chi connectivity index (χ2n) is 5.77. The van der Waals surface area contributed by atoms with E-state index in [0.717, 1.165) is 15.4 Å². The van der Waals surface area contributed by atoms with E-state index in [1.807, 2.05) is 72.2 Å². The zero-order valence-electron chi connectivity index (χ0n) is 14.2. The molecule has 0 saturated carbocycles. The number of rotatable bonds is 6. The fourth-order valence-corrected chi connectivity index (χ4v) is 3.80. The average molecular weight is 373 g/mol. The van der Waals surface area contributed by atoms with Gasteiger partial charge in [-0.3, -0.25) is 4.90 Å². The predicted molar refractivity (Wildman–Crippen MR) is 105 cm³/mol. The fraction of sp³-hybridized carbons (Fsp3) is 0.211. The van der Waals surface area contributed by atoms with Crippen molar-refractivity contribution in [2.75, 3.05) is 19.0 Å². The van der Waals surface area contributed by atoms with E-state index in [2.05, 4.69) is 0 Å². The summed E-state index contributed by atoms with van der Waals surface area (Å²) in [5, 5.41) is 4.04. The van der Waals surface area contributed by atoms with Gasteiger partial charge in [-0.2, -0.15) is 0 Å². The van der Waals surface area contributed by atoms with Crippen LogP contribution in [-0.2, 0) is 13.1 Å². The molecule has 0 saturated heterocycles. The van der Waals surface area contributed by atoms with Crippen molar-refractivity contribution in [1.29, 1.82) is 0 Å². The third-order valence-corrected chi connectivity index (χ3v) is 5.37. The summed E-state index contributed by atoms with van der Waals surface area (Å²) < 4.78 is 5.63. The van der Waals surface area contributed by atoms with Crippen molar-refractivity contribution in [3.63, 3.8) is 0 Å². The molecule has 1 aromatic carbocycles. The molecule has 3 aromatic rings. The van der Waals surface area contributed by atoms with Crippen LogP contribution in [0.25, 0.3) is 0 Å². The average Bonchev–Trinajstić information content (AvgIpc) is 3.28. The van der Waals surface area contributed by atoms with Gasteiger partial charge in [0.1, 0.15) is 5.75 Å². The summed E-state index contributed by atoms with van der Waals surface area (Å²) in [5.41, 5.74) is 0.994. The number of hydrogen-bond acceptors (Lipinski definition) is 5. The van der Waals surface area contributed by atoms with E-state index >= 15 is 0 Å². The Morgan fingerprint density at radius 3 is 2.12 bits per heavy atom. The number of thiophene rings is 2. The van der Waals surface area contributed by atoms with Crippen LogP contribution < -0.4 is 9.64 Å². The number of benzene rings is 1. The number of ether oxygens (including phenoxy) is 1. The first-order valence-electron chi connectivity index (χ1n) is 7.91. The molecule has 0 bridgehead atoms. The van der Waals surface area contributed by atoms with E-state index in [9.17, 15) is 4.79 Å². The maximum absolute atomic E-state index is 12.7. The van der Waals surface area contributed by atoms with Crippen LogP contribution in [0.5, 0.6) is 5.75 Å². The standard InChI is InChI=1S/C19H20N2O2S2/c1-20(2)15-6-3-7-16(12-15)23-19(22)21(13-17-8-4-10-24-17)14-18-9-5-11-25-18/h3-12H,13-14H2,1-2H3. The Morgan fingerprint density at radius 2 is 1.60 bits per heavy atom. The summed E-state index contributed by atoms with van der Waals surface area (Å²) in [7, 11) is 3.92. The molecule has 0 spiro atoms. The van der Waals surface area contributed by atoms with Crippen LogP contribution >= 0.6 is 22.7 Å². The lowest BCUT2D eigenvalue weighted by Gasteiger charge is -2.21. The third-order valence-electron chi connectivity index (χ3n) is 3.65. The number of hydrogen-bond donors (Lipinski definition) is 0.